The van der Waals surface area contributed by atoms with Crippen LogP contribution >= 0.6 is 11.8 Å². The summed E-state index contributed by atoms with van der Waals surface area (Å²) in [5, 5.41) is 20.4. The molecule has 0 unspecified atom stereocenters. The van der Waals surface area contributed by atoms with Crippen molar-refractivity contribution in [2.24, 2.45) is 0 Å². The lowest BCUT2D eigenvalue weighted by molar-refractivity contribution is 0.102. The van der Waals surface area contributed by atoms with Crippen molar-refractivity contribution >= 4 is 17.5 Å². The van der Waals surface area contributed by atoms with E-state index in [-0.39, 0.29) is 33.7 Å². The zero-order chi connectivity index (χ0) is 19.0. The number of hydrogen-bond donors (Lipinski definition) is 2. The summed E-state index contributed by atoms with van der Waals surface area (Å²) in [6.45, 7) is 0. The Labute approximate surface area is 161 Å². The molecule has 0 saturated carbocycles. The van der Waals surface area contributed by atoms with Crippen LogP contribution in [0.1, 0.15) is 37.9 Å². The summed E-state index contributed by atoms with van der Waals surface area (Å²) >= 11 is 1.65. The molecule has 0 aliphatic heterocycles. The number of hydrogen-bond acceptors (Lipinski definition) is 5. The van der Waals surface area contributed by atoms with E-state index >= 15 is 0 Å². The molecule has 0 spiro atoms. The third-order valence-corrected chi connectivity index (χ3v) is 6.09. The molecule has 4 rings (SSSR count). The lowest BCUT2D eigenvalue weighted by Gasteiger charge is -2.28. The SMILES string of the molecule is COc1ccc(CSC2c3cccc(O)c3C(=O)c3c(O)cccc32)cc1. The Morgan fingerprint density at radius 2 is 1.44 bits per heavy atom. The van der Waals surface area contributed by atoms with Crippen LogP contribution in [0.3, 0.4) is 0 Å². The Morgan fingerprint density at radius 3 is 1.96 bits per heavy atom. The van der Waals surface area contributed by atoms with Gasteiger partial charge >= 0.3 is 0 Å². The van der Waals surface area contributed by atoms with Gasteiger partial charge in [0.2, 0.25) is 5.78 Å². The van der Waals surface area contributed by atoms with E-state index in [9.17, 15) is 15.0 Å². The first kappa shape index (κ1) is 17.5. The zero-order valence-electron chi connectivity index (χ0n) is 14.7. The van der Waals surface area contributed by atoms with E-state index in [1.54, 1.807) is 31.0 Å². The summed E-state index contributed by atoms with van der Waals surface area (Å²) in [7, 11) is 1.63. The molecule has 27 heavy (non-hydrogen) atoms. The maximum Gasteiger partial charge on any atom is 0.201 e. The van der Waals surface area contributed by atoms with Crippen molar-refractivity contribution in [3.05, 3.63) is 88.5 Å². The van der Waals surface area contributed by atoms with E-state index < -0.39 is 0 Å². The van der Waals surface area contributed by atoms with Crippen molar-refractivity contribution in [2.45, 2.75) is 11.0 Å². The van der Waals surface area contributed by atoms with E-state index in [1.807, 2.05) is 36.4 Å². The van der Waals surface area contributed by atoms with Gasteiger partial charge in [-0.1, -0.05) is 36.4 Å². The Hall–Kier alpha value is -2.92. The number of phenols is 2. The van der Waals surface area contributed by atoms with Crippen LogP contribution in [0, 0.1) is 0 Å². The number of carbonyl (C=O) groups excluding carboxylic acids is 1. The molecule has 1 aliphatic rings. The Morgan fingerprint density at radius 1 is 0.889 bits per heavy atom. The molecule has 4 nitrogen and oxygen atoms in total. The first-order valence-corrected chi connectivity index (χ1v) is 9.58. The molecule has 0 saturated heterocycles. The van der Waals surface area contributed by atoms with Crippen LogP contribution in [-0.4, -0.2) is 23.1 Å². The second kappa shape index (κ2) is 7.00. The number of thioether (sulfide) groups is 1. The number of methoxy groups -OCH3 is 1. The monoisotopic (exact) mass is 378 g/mol. The van der Waals surface area contributed by atoms with Crippen molar-refractivity contribution in [3.8, 4) is 17.2 Å². The van der Waals surface area contributed by atoms with Crippen LogP contribution in [0.5, 0.6) is 17.2 Å². The average molecular weight is 378 g/mol. The molecule has 3 aromatic rings. The molecule has 0 fully saturated rings. The number of carbonyl (C=O) groups is 1. The van der Waals surface area contributed by atoms with Crippen molar-refractivity contribution in [1.82, 2.24) is 0 Å². The molecule has 0 amide bonds. The summed E-state index contributed by atoms with van der Waals surface area (Å²) in [5.41, 5.74) is 3.23. The summed E-state index contributed by atoms with van der Waals surface area (Å²) in [4.78, 5) is 12.9. The van der Waals surface area contributed by atoms with Gasteiger partial charge in [0.05, 0.1) is 23.5 Å². The molecule has 0 aromatic heterocycles. The second-order valence-electron chi connectivity index (χ2n) is 6.35. The Kier molecular flexibility index (Phi) is 4.54. The van der Waals surface area contributed by atoms with E-state index in [2.05, 4.69) is 0 Å². The molecule has 1 aliphatic carbocycles. The summed E-state index contributed by atoms with van der Waals surface area (Å²) in [6, 6.07) is 18.1. The van der Waals surface area contributed by atoms with Gasteiger partial charge in [0.1, 0.15) is 17.2 Å². The van der Waals surface area contributed by atoms with Crippen LogP contribution in [0.2, 0.25) is 0 Å². The van der Waals surface area contributed by atoms with Crippen LogP contribution in [0.25, 0.3) is 0 Å². The Balaban J connectivity index is 1.74. The molecule has 136 valence electrons. The van der Waals surface area contributed by atoms with E-state index in [0.717, 1.165) is 22.4 Å². The molecular weight excluding hydrogens is 360 g/mol. The van der Waals surface area contributed by atoms with Gasteiger partial charge in [0.25, 0.3) is 0 Å². The number of fused-ring (bicyclic) bond motifs is 2. The standard InChI is InChI=1S/C22H18O4S/c1-26-14-10-8-13(9-11-14)12-27-22-15-4-2-6-17(23)19(15)21(25)20-16(22)5-3-7-18(20)24/h2-11,22-24H,12H2,1H3. The highest BCUT2D eigenvalue weighted by Gasteiger charge is 2.35. The van der Waals surface area contributed by atoms with Crippen molar-refractivity contribution < 1.29 is 19.7 Å². The number of phenolic OH excluding ortho intramolecular Hbond substituents is 2. The lowest BCUT2D eigenvalue weighted by Crippen LogP contribution is -2.18. The third-order valence-electron chi connectivity index (χ3n) is 4.74. The molecule has 0 atom stereocenters. The molecular formula is C22H18O4S. The number of ketones is 1. The van der Waals surface area contributed by atoms with Crippen molar-refractivity contribution in [2.75, 3.05) is 7.11 Å². The van der Waals surface area contributed by atoms with E-state index in [4.69, 9.17) is 4.74 Å². The highest BCUT2D eigenvalue weighted by molar-refractivity contribution is 7.99. The summed E-state index contributed by atoms with van der Waals surface area (Å²) in [6.07, 6.45) is 0. The number of rotatable bonds is 4. The smallest absolute Gasteiger partial charge is 0.201 e. The molecule has 3 aromatic carbocycles. The maximum atomic E-state index is 12.9. The minimum atomic E-state index is -0.336. The average Bonchev–Trinajstić information content (AvgIpc) is 2.68. The van der Waals surface area contributed by atoms with Gasteiger partial charge in [-0.25, -0.2) is 0 Å². The highest BCUT2D eigenvalue weighted by atomic mass is 32.2. The van der Waals surface area contributed by atoms with Crippen LogP contribution in [0.4, 0.5) is 0 Å². The Bertz CT molecular complexity index is 956. The third kappa shape index (κ3) is 3.04. The van der Waals surface area contributed by atoms with Gasteiger partial charge in [-0.3, -0.25) is 4.79 Å². The lowest BCUT2D eigenvalue weighted by atomic mass is 9.83. The summed E-state index contributed by atoms with van der Waals surface area (Å²) in [5.74, 6) is 1.07. The first-order chi connectivity index (χ1) is 13.1. The van der Waals surface area contributed by atoms with Gasteiger partial charge in [0.15, 0.2) is 0 Å². The molecule has 0 heterocycles. The summed E-state index contributed by atoms with van der Waals surface area (Å²) < 4.78 is 5.19. The van der Waals surface area contributed by atoms with Crippen molar-refractivity contribution in [3.63, 3.8) is 0 Å². The molecule has 0 bridgehead atoms. The van der Waals surface area contributed by atoms with Crippen LogP contribution in [-0.2, 0) is 5.75 Å². The van der Waals surface area contributed by atoms with Crippen LogP contribution in [0.15, 0.2) is 60.7 Å². The number of benzene rings is 3. The van der Waals surface area contributed by atoms with Gasteiger partial charge in [-0.15, -0.1) is 11.8 Å². The topological polar surface area (TPSA) is 66.8 Å². The quantitative estimate of drug-likeness (QED) is 0.690. The molecule has 5 heteroatoms. The second-order valence-corrected chi connectivity index (χ2v) is 7.44. The number of aromatic hydroxyl groups is 2. The van der Waals surface area contributed by atoms with E-state index in [0.29, 0.717) is 5.75 Å². The molecule has 2 N–H and O–H groups in total. The maximum absolute atomic E-state index is 12.9. The highest BCUT2D eigenvalue weighted by Crippen LogP contribution is 2.48. The zero-order valence-corrected chi connectivity index (χ0v) is 15.5. The van der Waals surface area contributed by atoms with Gasteiger partial charge in [-0.2, -0.15) is 0 Å². The van der Waals surface area contributed by atoms with E-state index in [1.165, 1.54) is 12.1 Å². The predicted molar refractivity (Wildman–Crippen MR) is 106 cm³/mol. The fraction of sp³-hybridized carbons (Fsp3) is 0.136. The largest absolute Gasteiger partial charge is 0.507 e. The minimum Gasteiger partial charge on any atom is -0.507 e. The first-order valence-electron chi connectivity index (χ1n) is 8.53. The normalized spacial score (nSPS) is 13.1. The number of ether oxygens (including phenoxy) is 1. The predicted octanol–water partition coefficient (Wildman–Crippen LogP) is 4.67. The fourth-order valence-corrected chi connectivity index (χ4v) is 4.72. The van der Waals surface area contributed by atoms with Gasteiger partial charge < -0.3 is 14.9 Å². The van der Waals surface area contributed by atoms with Gasteiger partial charge in [0, 0.05) is 5.75 Å². The molecule has 0 radical (unpaired) electrons. The van der Waals surface area contributed by atoms with Gasteiger partial charge in [-0.05, 0) is 41.0 Å². The van der Waals surface area contributed by atoms with Crippen LogP contribution < -0.4 is 4.74 Å². The van der Waals surface area contributed by atoms with Crippen molar-refractivity contribution in [1.29, 1.82) is 0 Å². The fourth-order valence-electron chi connectivity index (χ4n) is 3.42. The minimum absolute atomic E-state index is 0.0542.